The molecule has 0 fully saturated rings. The molecule has 1 aromatic carbocycles. The Morgan fingerprint density at radius 1 is 1.13 bits per heavy atom. The number of nitrogens with one attached hydrogen (secondary N) is 5. The fraction of sp³-hybridized carbons (Fsp3) is 0.273. The van der Waals surface area contributed by atoms with Gasteiger partial charge in [-0.3, -0.25) is 15.6 Å². The van der Waals surface area contributed by atoms with E-state index in [0.717, 1.165) is 18.2 Å². The molecule has 0 amide bonds. The van der Waals surface area contributed by atoms with Crippen molar-refractivity contribution in [3.63, 3.8) is 0 Å². The topological polar surface area (TPSA) is 131 Å². The molecule has 0 aliphatic heterocycles. The predicted octanol–water partition coefficient (Wildman–Crippen LogP) is 3.12. The first-order chi connectivity index (χ1) is 14.4. The average Bonchev–Trinajstić information content (AvgIpc) is 2.79. The lowest BCUT2D eigenvalue weighted by molar-refractivity contribution is -0.112. The van der Waals surface area contributed by atoms with Crippen LogP contribution < -0.4 is 20.1 Å². The van der Waals surface area contributed by atoms with Crippen molar-refractivity contribution in [2.75, 3.05) is 26.6 Å². The average molecular weight is 409 g/mol. The summed E-state index contributed by atoms with van der Waals surface area (Å²) in [6, 6.07) is 4.37. The molecule has 0 bridgehead atoms. The van der Waals surface area contributed by atoms with Gasteiger partial charge in [0.2, 0.25) is 5.78 Å². The van der Waals surface area contributed by atoms with E-state index in [-0.39, 0.29) is 11.3 Å². The second-order valence-corrected chi connectivity index (χ2v) is 6.53. The highest BCUT2D eigenvalue weighted by Crippen LogP contribution is 2.28. The van der Waals surface area contributed by atoms with Gasteiger partial charge in [0, 0.05) is 48.9 Å². The van der Waals surface area contributed by atoms with E-state index in [1.54, 1.807) is 39.5 Å². The monoisotopic (exact) mass is 409 g/mol. The fourth-order valence-corrected chi connectivity index (χ4v) is 3.00. The van der Waals surface area contributed by atoms with E-state index in [1.807, 2.05) is 18.2 Å². The molecule has 158 valence electrons. The van der Waals surface area contributed by atoms with E-state index in [1.165, 1.54) is 6.20 Å². The molecular weight excluding hydrogens is 382 g/mol. The van der Waals surface area contributed by atoms with E-state index in [2.05, 4.69) is 10.6 Å². The minimum atomic E-state index is -0.832. The highest BCUT2D eigenvalue weighted by atomic mass is 16.5. The van der Waals surface area contributed by atoms with Crippen molar-refractivity contribution in [2.24, 2.45) is 0 Å². The molecular formula is C22H27N5O3. The summed E-state index contributed by atoms with van der Waals surface area (Å²) < 4.78 is 10.6. The summed E-state index contributed by atoms with van der Waals surface area (Å²) in [7, 11) is 4.71. The number of allylic oxidation sites excluding steroid dienone is 4. The zero-order chi connectivity index (χ0) is 22.1. The van der Waals surface area contributed by atoms with Crippen LogP contribution in [0, 0.1) is 16.2 Å². The number of carbonyl (C=O) groups is 1. The summed E-state index contributed by atoms with van der Waals surface area (Å²) in [4.78, 5) is 13.2. The van der Waals surface area contributed by atoms with Gasteiger partial charge < -0.3 is 25.5 Å². The Hall–Kier alpha value is -3.68. The van der Waals surface area contributed by atoms with Crippen molar-refractivity contribution in [3.8, 4) is 11.5 Å². The zero-order valence-corrected chi connectivity index (χ0v) is 17.3. The first-order valence-corrected chi connectivity index (χ1v) is 9.40. The molecule has 1 aromatic rings. The molecule has 8 heteroatoms. The number of hydrogen-bond acceptors (Lipinski definition) is 8. The van der Waals surface area contributed by atoms with Gasteiger partial charge in [0.1, 0.15) is 23.3 Å². The Labute approximate surface area is 176 Å². The van der Waals surface area contributed by atoms with Gasteiger partial charge in [-0.05, 0) is 18.4 Å². The lowest BCUT2D eigenvalue weighted by atomic mass is 9.90. The molecule has 5 N–H and O–H groups in total. The minimum absolute atomic E-state index is 0.148. The van der Waals surface area contributed by atoms with Crippen molar-refractivity contribution in [1.29, 1.82) is 16.2 Å². The summed E-state index contributed by atoms with van der Waals surface area (Å²) in [5, 5.41) is 29.9. The molecule has 8 nitrogen and oxygen atoms in total. The Morgan fingerprint density at radius 3 is 2.30 bits per heavy atom. The van der Waals surface area contributed by atoms with Crippen LogP contribution in [0.15, 0.2) is 53.8 Å². The van der Waals surface area contributed by atoms with Crippen molar-refractivity contribution < 1.29 is 14.3 Å². The Balaban J connectivity index is 2.40. The van der Waals surface area contributed by atoms with Crippen LogP contribution in [0.1, 0.15) is 12.8 Å². The summed E-state index contributed by atoms with van der Waals surface area (Å²) in [5.41, 5.74) is 0.775. The van der Waals surface area contributed by atoms with Gasteiger partial charge in [0.05, 0.1) is 19.9 Å². The molecule has 0 spiro atoms. The molecule has 0 heterocycles. The quantitative estimate of drug-likeness (QED) is 0.358. The number of Topliss-reactive ketones (excluding diaryl/α,β-unsaturated/α-hetero) is 1. The van der Waals surface area contributed by atoms with Crippen LogP contribution in [0.3, 0.4) is 0 Å². The van der Waals surface area contributed by atoms with Crippen LogP contribution in [0.4, 0.5) is 5.69 Å². The Morgan fingerprint density at radius 2 is 1.80 bits per heavy atom. The van der Waals surface area contributed by atoms with Gasteiger partial charge in [-0.25, -0.2) is 0 Å². The maximum absolute atomic E-state index is 13.2. The first-order valence-electron chi connectivity index (χ1n) is 9.40. The number of carbonyl (C=O) groups excluding carboxylic acids is 1. The van der Waals surface area contributed by atoms with Crippen molar-refractivity contribution in [2.45, 2.75) is 18.9 Å². The minimum Gasteiger partial charge on any atom is -0.497 e. The predicted molar refractivity (Wildman–Crippen MR) is 120 cm³/mol. The SMILES string of the molecule is CN/C=C(\C=N)C(=N)C(=N)C(=O)C(Nc1cc(OC)cc(OC)c1)C1=CC=CCC1. The molecule has 1 aliphatic carbocycles. The van der Waals surface area contributed by atoms with E-state index in [4.69, 9.17) is 25.7 Å². The highest BCUT2D eigenvalue weighted by Gasteiger charge is 2.29. The molecule has 0 radical (unpaired) electrons. The van der Waals surface area contributed by atoms with Crippen molar-refractivity contribution in [1.82, 2.24) is 5.32 Å². The van der Waals surface area contributed by atoms with E-state index >= 15 is 0 Å². The van der Waals surface area contributed by atoms with E-state index in [0.29, 0.717) is 23.6 Å². The molecule has 1 atom stereocenters. The van der Waals surface area contributed by atoms with Crippen LogP contribution in [0.2, 0.25) is 0 Å². The molecule has 1 unspecified atom stereocenters. The summed E-state index contributed by atoms with van der Waals surface area (Å²) in [5.74, 6) is 0.574. The summed E-state index contributed by atoms with van der Waals surface area (Å²) in [6.45, 7) is 0. The molecule has 0 aromatic heterocycles. The third-order valence-electron chi connectivity index (χ3n) is 4.58. The third kappa shape index (κ3) is 5.44. The van der Waals surface area contributed by atoms with Gasteiger partial charge in [-0.2, -0.15) is 0 Å². The van der Waals surface area contributed by atoms with Crippen LogP contribution in [-0.2, 0) is 4.79 Å². The number of anilines is 1. The molecule has 0 saturated heterocycles. The fourth-order valence-electron chi connectivity index (χ4n) is 3.00. The second-order valence-electron chi connectivity index (χ2n) is 6.53. The number of ether oxygens (including phenoxy) is 2. The van der Waals surface area contributed by atoms with Gasteiger partial charge in [-0.1, -0.05) is 18.2 Å². The first kappa shape index (κ1) is 22.6. The number of rotatable bonds is 11. The maximum atomic E-state index is 13.2. The number of methoxy groups -OCH3 is 2. The lowest BCUT2D eigenvalue weighted by Gasteiger charge is -2.24. The Kier molecular flexibility index (Phi) is 8.10. The molecule has 1 aliphatic rings. The normalized spacial score (nSPS) is 14.2. The number of ketones is 1. The van der Waals surface area contributed by atoms with Crippen LogP contribution in [0.25, 0.3) is 0 Å². The smallest absolute Gasteiger partial charge is 0.209 e. The van der Waals surface area contributed by atoms with Crippen LogP contribution in [-0.4, -0.2) is 50.7 Å². The largest absolute Gasteiger partial charge is 0.497 e. The van der Waals surface area contributed by atoms with Gasteiger partial charge in [0.15, 0.2) is 0 Å². The third-order valence-corrected chi connectivity index (χ3v) is 4.58. The van der Waals surface area contributed by atoms with Crippen molar-refractivity contribution in [3.05, 3.63) is 53.8 Å². The van der Waals surface area contributed by atoms with Crippen LogP contribution >= 0.6 is 0 Å². The molecule has 30 heavy (non-hydrogen) atoms. The number of hydrogen-bond donors (Lipinski definition) is 5. The summed E-state index contributed by atoms with van der Waals surface area (Å²) >= 11 is 0. The Bertz CT molecular complexity index is 908. The summed E-state index contributed by atoms with van der Waals surface area (Å²) in [6.07, 6.45) is 9.55. The van der Waals surface area contributed by atoms with Crippen LogP contribution in [0.5, 0.6) is 11.5 Å². The zero-order valence-electron chi connectivity index (χ0n) is 17.3. The lowest BCUT2D eigenvalue weighted by Crippen LogP contribution is -2.40. The van der Waals surface area contributed by atoms with E-state index < -0.39 is 17.5 Å². The van der Waals surface area contributed by atoms with Gasteiger partial charge >= 0.3 is 0 Å². The standard InChI is InChI=1S/C22H27N5O3/c1-26-13-15(12-23)19(24)20(25)22(28)21(14-7-5-4-6-8-14)27-16-9-17(29-2)11-18(10-16)30-3/h4-5,7,9-13,21,23-27H,6,8H2,1-3H3/b15-13+,23-12?,24-19?,25-20?. The van der Waals surface area contributed by atoms with E-state index in [9.17, 15) is 4.79 Å². The highest BCUT2D eigenvalue weighted by molar-refractivity contribution is 6.71. The molecule has 2 rings (SSSR count). The number of benzene rings is 1. The molecule has 0 saturated carbocycles. The van der Waals surface area contributed by atoms with Gasteiger partial charge in [-0.15, -0.1) is 0 Å². The maximum Gasteiger partial charge on any atom is 0.209 e. The van der Waals surface area contributed by atoms with Crippen molar-refractivity contribution >= 4 is 29.1 Å². The van der Waals surface area contributed by atoms with Gasteiger partial charge in [0.25, 0.3) is 0 Å². The second kappa shape index (κ2) is 10.8.